The van der Waals surface area contributed by atoms with E-state index in [-0.39, 0.29) is 0 Å². The van der Waals surface area contributed by atoms with Gasteiger partial charge in [-0.25, -0.2) is 0 Å². The van der Waals surface area contributed by atoms with Crippen LogP contribution in [-0.4, -0.2) is 11.7 Å². The van der Waals surface area contributed by atoms with Gasteiger partial charge in [0, 0.05) is 6.54 Å². The molecule has 0 aliphatic heterocycles. The SMILES string of the molecule is Cc1ccoc1CNCC(C)(O)c1ccccc1. The van der Waals surface area contributed by atoms with Gasteiger partial charge in [-0.05, 0) is 31.0 Å². The quantitative estimate of drug-likeness (QED) is 0.851. The Morgan fingerprint density at radius 3 is 2.56 bits per heavy atom. The standard InChI is InChI=1S/C15H19NO2/c1-12-8-9-18-14(12)10-16-11-15(2,17)13-6-4-3-5-7-13/h3-9,16-17H,10-11H2,1-2H3. The lowest BCUT2D eigenvalue weighted by Crippen LogP contribution is -2.35. The molecule has 3 heteroatoms. The molecule has 0 saturated heterocycles. The molecule has 1 heterocycles. The van der Waals surface area contributed by atoms with Gasteiger partial charge in [0.2, 0.25) is 0 Å². The highest BCUT2D eigenvalue weighted by molar-refractivity contribution is 5.22. The molecule has 3 nitrogen and oxygen atoms in total. The molecule has 1 aromatic heterocycles. The maximum atomic E-state index is 10.4. The molecule has 0 spiro atoms. The Morgan fingerprint density at radius 1 is 1.22 bits per heavy atom. The normalized spacial score (nSPS) is 14.4. The van der Waals surface area contributed by atoms with E-state index in [4.69, 9.17) is 4.42 Å². The summed E-state index contributed by atoms with van der Waals surface area (Å²) in [5.41, 5.74) is 1.16. The largest absolute Gasteiger partial charge is 0.468 e. The van der Waals surface area contributed by atoms with Gasteiger partial charge in [-0.15, -0.1) is 0 Å². The predicted octanol–water partition coefficient (Wildman–Crippen LogP) is 2.59. The molecule has 2 aromatic rings. The van der Waals surface area contributed by atoms with Crippen LogP contribution in [-0.2, 0) is 12.1 Å². The van der Waals surface area contributed by atoms with Crippen molar-refractivity contribution in [2.24, 2.45) is 0 Å². The van der Waals surface area contributed by atoms with Gasteiger partial charge in [0.05, 0.1) is 18.4 Å². The molecule has 1 unspecified atom stereocenters. The Morgan fingerprint density at radius 2 is 1.94 bits per heavy atom. The minimum atomic E-state index is -0.873. The van der Waals surface area contributed by atoms with Crippen molar-refractivity contribution in [3.05, 3.63) is 59.5 Å². The van der Waals surface area contributed by atoms with E-state index in [1.165, 1.54) is 0 Å². The first kappa shape index (κ1) is 12.9. The summed E-state index contributed by atoms with van der Waals surface area (Å²) in [6, 6.07) is 11.6. The summed E-state index contributed by atoms with van der Waals surface area (Å²) in [5, 5.41) is 13.6. The number of aliphatic hydroxyl groups is 1. The monoisotopic (exact) mass is 245 g/mol. The predicted molar refractivity (Wildman–Crippen MR) is 71.2 cm³/mol. The summed E-state index contributed by atoms with van der Waals surface area (Å²) in [5.74, 6) is 0.916. The van der Waals surface area contributed by atoms with Crippen molar-refractivity contribution < 1.29 is 9.52 Å². The van der Waals surface area contributed by atoms with E-state index in [2.05, 4.69) is 5.32 Å². The lowest BCUT2D eigenvalue weighted by molar-refractivity contribution is 0.0562. The summed E-state index contributed by atoms with van der Waals surface area (Å²) >= 11 is 0. The molecule has 0 bridgehead atoms. The summed E-state index contributed by atoms with van der Waals surface area (Å²) in [6.45, 7) is 4.93. The van der Waals surface area contributed by atoms with E-state index in [0.717, 1.165) is 16.9 Å². The highest BCUT2D eigenvalue weighted by Crippen LogP contribution is 2.19. The van der Waals surface area contributed by atoms with Crippen LogP contribution in [0.15, 0.2) is 47.1 Å². The molecule has 0 aliphatic rings. The van der Waals surface area contributed by atoms with Gasteiger partial charge in [0.15, 0.2) is 0 Å². The van der Waals surface area contributed by atoms with Gasteiger partial charge in [-0.2, -0.15) is 0 Å². The Hall–Kier alpha value is -1.58. The van der Waals surface area contributed by atoms with Crippen molar-refractivity contribution in [2.45, 2.75) is 26.0 Å². The first-order valence-electron chi connectivity index (χ1n) is 6.11. The Kier molecular flexibility index (Phi) is 3.84. The summed E-state index contributed by atoms with van der Waals surface area (Å²) in [4.78, 5) is 0. The fourth-order valence-corrected chi connectivity index (χ4v) is 1.90. The molecule has 2 rings (SSSR count). The molecule has 1 atom stereocenters. The highest BCUT2D eigenvalue weighted by atomic mass is 16.3. The molecule has 0 aliphatic carbocycles. The third-order valence-electron chi connectivity index (χ3n) is 3.12. The zero-order valence-electron chi connectivity index (χ0n) is 10.8. The topological polar surface area (TPSA) is 45.4 Å². The summed E-state index contributed by atoms with van der Waals surface area (Å²) in [7, 11) is 0. The highest BCUT2D eigenvalue weighted by Gasteiger charge is 2.22. The van der Waals surface area contributed by atoms with Gasteiger partial charge in [-0.3, -0.25) is 0 Å². The maximum Gasteiger partial charge on any atom is 0.120 e. The molecule has 0 amide bonds. The van der Waals surface area contributed by atoms with Crippen LogP contribution in [0.2, 0.25) is 0 Å². The Labute approximate surface area is 107 Å². The molecule has 96 valence electrons. The molecular weight excluding hydrogens is 226 g/mol. The maximum absolute atomic E-state index is 10.4. The van der Waals surface area contributed by atoms with Crippen LogP contribution >= 0.6 is 0 Å². The summed E-state index contributed by atoms with van der Waals surface area (Å²) in [6.07, 6.45) is 1.68. The van der Waals surface area contributed by atoms with Crippen molar-refractivity contribution in [2.75, 3.05) is 6.54 Å². The zero-order valence-corrected chi connectivity index (χ0v) is 10.8. The van der Waals surface area contributed by atoms with Crippen molar-refractivity contribution in [1.82, 2.24) is 5.32 Å². The molecular formula is C15H19NO2. The lowest BCUT2D eigenvalue weighted by atomic mass is 9.96. The van der Waals surface area contributed by atoms with Crippen LogP contribution in [0.25, 0.3) is 0 Å². The zero-order chi connectivity index (χ0) is 13.0. The average Bonchev–Trinajstić information content (AvgIpc) is 2.76. The van der Waals surface area contributed by atoms with Crippen LogP contribution in [0.4, 0.5) is 0 Å². The second-order valence-corrected chi connectivity index (χ2v) is 4.77. The molecule has 1 aromatic carbocycles. The van der Waals surface area contributed by atoms with Gasteiger partial charge < -0.3 is 14.8 Å². The minimum Gasteiger partial charge on any atom is -0.468 e. The number of nitrogens with one attached hydrogen (secondary N) is 1. The first-order chi connectivity index (χ1) is 8.59. The van der Waals surface area contributed by atoms with E-state index in [9.17, 15) is 5.11 Å². The molecule has 2 N–H and O–H groups in total. The van der Waals surface area contributed by atoms with Crippen molar-refractivity contribution in [1.29, 1.82) is 0 Å². The first-order valence-corrected chi connectivity index (χ1v) is 6.11. The number of benzene rings is 1. The van der Waals surface area contributed by atoms with Crippen LogP contribution in [0.3, 0.4) is 0 Å². The van der Waals surface area contributed by atoms with Crippen LogP contribution in [0.5, 0.6) is 0 Å². The second kappa shape index (κ2) is 5.38. The van der Waals surface area contributed by atoms with Crippen LogP contribution in [0.1, 0.15) is 23.8 Å². The van der Waals surface area contributed by atoms with Crippen molar-refractivity contribution in [3.8, 4) is 0 Å². The number of rotatable bonds is 5. The molecule has 0 fully saturated rings. The van der Waals surface area contributed by atoms with Crippen LogP contribution in [0, 0.1) is 6.92 Å². The number of hydrogen-bond donors (Lipinski definition) is 2. The average molecular weight is 245 g/mol. The van der Waals surface area contributed by atoms with Crippen molar-refractivity contribution >= 4 is 0 Å². The van der Waals surface area contributed by atoms with E-state index in [1.807, 2.05) is 50.2 Å². The van der Waals surface area contributed by atoms with E-state index in [0.29, 0.717) is 13.1 Å². The smallest absolute Gasteiger partial charge is 0.120 e. The minimum absolute atomic E-state index is 0.483. The van der Waals surface area contributed by atoms with Gasteiger partial charge in [-0.1, -0.05) is 30.3 Å². The van der Waals surface area contributed by atoms with Crippen molar-refractivity contribution in [3.63, 3.8) is 0 Å². The van der Waals surface area contributed by atoms with Gasteiger partial charge in [0.1, 0.15) is 5.76 Å². The second-order valence-electron chi connectivity index (χ2n) is 4.77. The number of aryl methyl sites for hydroxylation is 1. The Balaban J connectivity index is 1.92. The van der Waals surface area contributed by atoms with E-state index < -0.39 is 5.60 Å². The Bertz CT molecular complexity index is 488. The van der Waals surface area contributed by atoms with E-state index in [1.54, 1.807) is 6.26 Å². The fraction of sp³-hybridized carbons (Fsp3) is 0.333. The third-order valence-corrected chi connectivity index (χ3v) is 3.12. The van der Waals surface area contributed by atoms with Gasteiger partial charge >= 0.3 is 0 Å². The number of hydrogen-bond acceptors (Lipinski definition) is 3. The molecule has 0 saturated carbocycles. The molecule has 0 radical (unpaired) electrons. The third kappa shape index (κ3) is 3.00. The van der Waals surface area contributed by atoms with Crippen LogP contribution < -0.4 is 5.32 Å². The van der Waals surface area contributed by atoms with Gasteiger partial charge in [0.25, 0.3) is 0 Å². The van der Waals surface area contributed by atoms with E-state index >= 15 is 0 Å². The fourth-order valence-electron chi connectivity index (χ4n) is 1.90. The summed E-state index contributed by atoms with van der Waals surface area (Å²) < 4.78 is 5.34. The number of furan rings is 1. The lowest BCUT2D eigenvalue weighted by Gasteiger charge is -2.24. The molecule has 18 heavy (non-hydrogen) atoms.